The van der Waals surface area contributed by atoms with Crippen molar-refractivity contribution >= 4 is 0 Å². The smallest absolute Gasteiger partial charge is 0.123 e. The van der Waals surface area contributed by atoms with Gasteiger partial charge in [0.2, 0.25) is 0 Å². The molecule has 240 valence electrons. The fourth-order valence-electron chi connectivity index (χ4n) is 4.03. The molecule has 0 radical (unpaired) electrons. The fraction of sp³-hybridized carbons (Fsp3) is 0.429. The molecule has 0 aromatic heterocycles. The molecule has 4 aromatic rings. The van der Waals surface area contributed by atoms with E-state index in [1.807, 2.05) is 24.3 Å². The summed E-state index contributed by atoms with van der Waals surface area (Å²) in [6.07, 6.45) is 0. The maximum absolute atomic E-state index is 12.5. The van der Waals surface area contributed by atoms with E-state index >= 15 is 0 Å². The van der Waals surface area contributed by atoms with Gasteiger partial charge in [0.15, 0.2) is 0 Å². The largest absolute Gasteiger partial charge is 0.497 e. The second-order valence-electron chi connectivity index (χ2n) is 15.5. The molecule has 1 nitrogen and oxygen atoms in total. The molecule has 0 saturated carbocycles. The third-order valence-corrected chi connectivity index (χ3v) is 7.22. The van der Waals surface area contributed by atoms with Crippen molar-refractivity contribution < 1.29 is 9.13 Å². The lowest BCUT2D eigenvalue weighted by Crippen LogP contribution is -2.10. The van der Waals surface area contributed by atoms with Crippen LogP contribution in [0.15, 0.2) is 103 Å². The van der Waals surface area contributed by atoms with Crippen LogP contribution in [-0.2, 0) is 21.7 Å². The minimum absolute atomic E-state index is 0.119. The number of ether oxygens (including phenoxy) is 1. The van der Waals surface area contributed by atoms with E-state index in [0.717, 1.165) is 5.75 Å². The Labute approximate surface area is 269 Å². The summed E-state index contributed by atoms with van der Waals surface area (Å²) < 4.78 is 17.6. The van der Waals surface area contributed by atoms with E-state index in [9.17, 15) is 4.39 Å². The Balaban J connectivity index is 0.000000294. The normalized spacial score (nSPS) is 11.5. The third-order valence-electron chi connectivity index (χ3n) is 7.22. The van der Waals surface area contributed by atoms with Gasteiger partial charge < -0.3 is 4.74 Å². The number of hydrogen-bond acceptors (Lipinski definition) is 1. The Hall–Kier alpha value is -3.39. The lowest BCUT2D eigenvalue weighted by Gasteiger charge is -2.18. The molecule has 4 rings (SSSR count). The number of halogens is 1. The Morgan fingerprint density at radius 2 is 0.705 bits per heavy atom. The van der Waals surface area contributed by atoms with Gasteiger partial charge in [0.05, 0.1) is 7.11 Å². The van der Waals surface area contributed by atoms with E-state index in [1.165, 1.54) is 39.9 Å². The van der Waals surface area contributed by atoms with Crippen molar-refractivity contribution in [3.8, 4) is 5.75 Å². The molecule has 0 aliphatic carbocycles. The number of methoxy groups -OCH3 is 1. The van der Waals surface area contributed by atoms with Gasteiger partial charge in [-0.1, -0.05) is 168 Å². The number of benzene rings is 4. The van der Waals surface area contributed by atoms with E-state index in [-0.39, 0.29) is 22.1 Å². The maximum atomic E-state index is 12.5. The molecule has 0 saturated heterocycles. The van der Waals surface area contributed by atoms with E-state index in [1.54, 1.807) is 7.11 Å². The SMILES string of the molecule is CC(C)(C)c1ccc(F)cc1.CC(C)(C)c1ccccc1.COc1ccc(C(C)(C)C)cc1.Cc1ccc(C(C)(C)C)cc1. The second kappa shape index (κ2) is 16.6. The first-order valence-corrected chi connectivity index (χ1v) is 15.7. The topological polar surface area (TPSA) is 9.23 Å². The van der Waals surface area contributed by atoms with Gasteiger partial charge in [-0.25, -0.2) is 4.39 Å². The van der Waals surface area contributed by atoms with Gasteiger partial charge in [-0.15, -0.1) is 0 Å². The number of rotatable bonds is 1. The average molecular weight is 599 g/mol. The van der Waals surface area contributed by atoms with Crippen LogP contribution < -0.4 is 4.74 Å². The van der Waals surface area contributed by atoms with Crippen molar-refractivity contribution in [2.24, 2.45) is 0 Å². The van der Waals surface area contributed by atoms with Gasteiger partial charge >= 0.3 is 0 Å². The molecular formula is C42H59FO. The van der Waals surface area contributed by atoms with Crippen LogP contribution in [0.3, 0.4) is 0 Å². The minimum Gasteiger partial charge on any atom is -0.497 e. The molecule has 0 amide bonds. The molecule has 0 unspecified atom stereocenters. The molecule has 0 aliphatic heterocycles. The quantitative estimate of drug-likeness (QED) is 0.212. The lowest BCUT2D eigenvalue weighted by atomic mass is 9.87. The van der Waals surface area contributed by atoms with Crippen LogP contribution in [0.1, 0.15) is 111 Å². The fourth-order valence-corrected chi connectivity index (χ4v) is 4.03. The standard InChI is InChI=1S/C11H16O.C11H16.C10H13F.C10H14/c1-11(2,3)9-5-7-10(12-4)8-6-9;1-9-5-7-10(8-6-9)11(2,3)4;1-10(2,3)8-4-6-9(11)7-5-8;1-10(2,3)9-7-5-4-6-8-9/h5-8H,1-4H3;5-8H,1-4H3;4-7H,1-3H3;4-8H,1-3H3. The van der Waals surface area contributed by atoms with Crippen LogP contribution in [0, 0.1) is 12.7 Å². The molecule has 0 heterocycles. The van der Waals surface area contributed by atoms with Gasteiger partial charge in [-0.3, -0.25) is 0 Å². The van der Waals surface area contributed by atoms with Gasteiger partial charge in [0, 0.05) is 0 Å². The summed E-state index contributed by atoms with van der Waals surface area (Å²) in [7, 11) is 1.69. The molecular weight excluding hydrogens is 539 g/mol. The maximum Gasteiger partial charge on any atom is 0.123 e. The van der Waals surface area contributed by atoms with E-state index in [2.05, 4.69) is 157 Å². The van der Waals surface area contributed by atoms with Crippen molar-refractivity contribution in [3.63, 3.8) is 0 Å². The first-order valence-electron chi connectivity index (χ1n) is 15.7. The molecule has 2 heteroatoms. The van der Waals surface area contributed by atoms with Gasteiger partial charge in [-0.05, 0) is 75.1 Å². The Bertz CT molecular complexity index is 1270. The first kappa shape index (κ1) is 38.6. The molecule has 0 fully saturated rings. The zero-order valence-electron chi connectivity index (χ0n) is 30.1. The Kier molecular flexibility index (Phi) is 14.6. The van der Waals surface area contributed by atoms with Crippen molar-refractivity contribution in [1.82, 2.24) is 0 Å². The highest BCUT2D eigenvalue weighted by atomic mass is 19.1. The predicted molar refractivity (Wildman–Crippen MR) is 192 cm³/mol. The van der Waals surface area contributed by atoms with Gasteiger partial charge in [-0.2, -0.15) is 0 Å². The minimum atomic E-state index is -0.169. The molecule has 0 bridgehead atoms. The van der Waals surface area contributed by atoms with Crippen molar-refractivity contribution in [2.45, 2.75) is 112 Å². The van der Waals surface area contributed by atoms with Gasteiger partial charge in [0.25, 0.3) is 0 Å². The van der Waals surface area contributed by atoms with Crippen LogP contribution in [0.5, 0.6) is 5.75 Å². The molecule has 0 aliphatic rings. The molecule has 44 heavy (non-hydrogen) atoms. The molecule has 4 aromatic carbocycles. The van der Waals surface area contributed by atoms with Crippen LogP contribution >= 0.6 is 0 Å². The third kappa shape index (κ3) is 14.9. The monoisotopic (exact) mass is 598 g/mol. The lowest BCUT2D eigenvalue weighted by molar-refractivity contribution is 0.414. The highest BCUT2D eigenvalue weighted by Crippen LogP contribution is 2.25. The highest BCUT2D eigenvalue weighted by molar-refractivity contribution is 5.31. The summed E-state index contributed by atoms with van der Waals surface area (Å²) in [5.74, 6) is 0.751. The number of aryl methyl sites for hydroxylation is 1. The molecule has 0 atom stereocenters. The predicted octanol–water partition coefficient (Wildman–Crippen LogP) is 12.4. The highest BCUT2D eigenvalue weighted by Gasteiger charge is 2.14. The van der Waals surface area contributed by atoms with Crippen LogP contribution in [0.4, 0.5) is 4.39 Å². The zero-order chi connectivity index (χ0) is 33.8. The van der Waals surface area contributed by atoms with Crippen molar-refractivity contribution in [1.29, 1.82) is 0 Å². The average Bonchev–Trinajstić information content (AvgIpc) is 2.93. The van der Waals surface area contributed by atoms with Crippen molar-refractivity contribution in [3.05, 3.63) is 137 Å². The summed E-state index contributed by atoms with van der Waals surface area (Å²) in [6, 6.07) is 34.2. The van der Waals surface area contributed by atoms with Crippen LogP contribution in [0.2, 0.25) is 0 Å². The van der Waals surface area contributed by atoms with E-state index in [4.69, 9.17) is 4.74 Å². The summed E-state index contributed by atoms with van der Waals surface area (Å²) in [6.45, 7) is 28.4. The van der Waals surface area contributed by atoms with Gasteiger partial charge in [0.1, 0.15) is 11.6 Å². The van der Waals surface area contributed by atoms with E-state index in [0.29, 0.717) is 5.41 Å². The Morgan fingerprint density at radius 1 is 0.409 bits per heavy atom. The van der Waals surface area contributed by atoms with E-state index < -0.39 is 0 Å². The van der Waals surface area contributed by atoms with Crippen LogP contribution in [0.25, 0.3) is 0 Å². The van der Waals surface area contributed by atoms with Crippen molar-refractivity contribution in [2.75, 3.05) is 7.11 Å². The summed E-state index contributed by atoms with van der Waals surface area (Å²) in [5, 5.41) is 0. The molecule has 0 N–H and O–H groups in total. The van der Waals surface area contributed by atoms with Crippen LogP contribution in [-0.4, -0.2) is 7.11 Å². The molecule has 0 spiro atoms. The second-order valence-corrected chi connectivity index (χ2v) is 15.5. The summed E-state index contributed by atoms with van der Waals surface area (Å²) >= 11 is 0. The summed E-state index contributed by atoms with van der Waals surface area (Å²) in [4.78, 5) is 0. The Morgan fingerprint density at radius 3 is 1.00 bits per heavy atom. The zero-order valence-corrected chi connectivity index (χ0v) is 30.1. The number of hydrogen-bond donors (Lipinski definition) is 0. The summed E-state index contributed by atoms with van der Waals surface area (Å²) in [5.41, 5.74) is 7.56. The first-order chi connectivity index (χ1) is 20.1.